The van der Waals surface area contributed by atoms with E-state index >= 15 is 0 Å². The van der Waals surface area contributed by atoms with Gasteiger partial charge in [-0.3, -0.25) is 9.48 Å². The molecule has 0 saturated heterocycles. The van der Waals surface area contributed by atoms with Crippen LogP contribution in [-0.2, 0) is 16.7 Å². The number of hydrazone groups is 1. The molecular formula is C28H30ClN5O3. The number of carbonyl (C=O) groups excluding carboxylic acids is 2. The van der Waals surface area contributed by atoms with Crippen molar-refractivity contribution in [1.29, 1.82) is 0 Å². The van der Waals surface area contributed by atoms with Crippen LogP contribution in [0.2, 0.25) is 5.02 Å². The summed E-state index contributed by atoms with van der Waals surface area (Å²) in [5.74, 6) is -0.930. The monoisotopic (exact) mass is 519 g/mol. The van der Waals surface area contributed by atoms with Gasteiger partial charge in [0.2, 0.25) is 0 Å². The minimum Gasteiger partial charge on any atom is -0.461 e. The van der Waals surface area contributed by atoms with Gasteiger partial charge in [0.15, 0.2) is 0 Å². The van der Waals surface area contributed by atoms with Crippen LogP contribution in [-0.4, -0.2) is 39.5 Å². The first-order chi connectivity index (χ1) is 17.6. The molecule has 2 aromatic heterocycles. The molecule has 8 nitrogen and oxygen atoms in total. The SMILES string of the molecule is CCOC(=O)c1[nH]c2cc(Cl)ccc2c1/C=N/NC(=O)c1cc(C(C)(C)C)nn1Cc1cccc(C)c1. The van der Waals surface area contributed by atoms with Crippen LogP contribution in [0.4, 0.5) is 0 Å². The summed E-state index contributed by atoms with van der Waals surface area (Å²) in [5.41, 5.74) is 7.10. The number of aromatic amines is 1. The third kappa shape index (κ3) is 5.91. The zero-order chi connectivity index (χ0) is 26.7. The maximum Gasteiger partial charge on any atom is 0.355 e. The fourth-order valence-corrected chi connectivity index (χ4v) is 4.14. The number of aromatic nitrogens is 3. The molecule has 0 aliphatic carbocycles. The van der Waals surface area contributed by atoms with Crippen LogP contribution >= 0.6 is 11.6 Å². The van der Waals surface area contributed by atoms with Crippen molar-refractivity contribution in [2.24, 2.45) is 5.10 Å². The normalized spacial score (nSPS) is 11.8. The quantitative estimate of drug-likeness (QED) is 0.188. The number of halogens is 1. The van der Waals surface area contributed by atoms with E-state index in [1.165, 1.54) is 6.21 Å². The molecule has 4 rings (SSSR count). The molecule has 37 heavy (non-hydrogen) atoms. The van der Waals surface area contributed by atoms with Crippen LogP contribution in [0.1, 0.15) is 71.1 Å². The van der Waals surface area contributed by atoms with E-state index in [9.17, 15) is 9.59 Å². The predicted molar refractivity (Wildman–Crippen MR) is 146 cm³/mol. The Morgan fingerprint density at radius 1 is 1.19 bits per heavy atom. The van der Waals surface area contributed by atoms with Gasteiger partial charge in [-0.15, -0.1) is 0 Å². The van der Waals surface area contributed by atoms with E-state index in [1.807, 2.05) is 45.9 Å². The molecular weight excluding hydrogens is 490 g/mol. The molecule has 0 saturated carbocycles. The lowest BCUT2D eigenvalue weighted by Crippen LogP contribution is -2.22. The van der Waals surface area contributed by atoms with Crippen molar-refractivity contribution in [2.75, 3.05) is 6.61 Å². The highest BCUT2D eigenvalue weighted by atomic mass is 35.5. The number of carbonyl (C=O) groups is 2. The van der Waals surface area contributed by atoms with Crippen molar-refractivity contribution in [3.8, 4) is 0 Å². The number of H-pyrrole nitrogens is 1. The Kier molecular flexibility index (Phi) is 7.50. The number of aryl methyl sites for hydroxylation is 1. The van der Waals surface area contributed by atoms with E-state index in [2.05, 4.69) is 21.6 Å². The van der Waals surface area contributed by atoms with E-state index in [0.29, 0.717) is 28.3 Å². The number of fused-ring (bicyclic) bond motifs is 1. The molecule has 2 aromatic carbocycles. The molecule has 1 amide bonds. The lowest BCUT2D eigenvalue weighted by Gasteiger charge is -2.14. The third-order valence-electron chi connectivity index (χ3n) is 5.84. The Balaban J connectivity index is 1.64. The summed E-state index contributed by atoms with van der Waals surface area (Å²) in [6.45, 7) is 10.6. The molecule has 0 aliphatic heterocycles. The number of amides is 1. The van der Waals surface area contributed by atoms with Gasteiger partial charge in [0.05, 0.1) is 25.1 Å². The fourth-order valence-electron chi connectivity index (χ4n) is 3.97. The summed E-state index contributed by atoms with van der Waals surface area (Å²) < 4.78 is 6.87. The third-order valence-corrected chi connectivity index (χ3v) is 6.07. The Morgan fingerprint density at radius 3 is 2.68 bits per heavy atom. The van der Waals surface area contributed by atoms with Crippen molar-refractivity contribution < 1.29 is 14.3 Å². The Morgan fingerprint density at radius 2 is 1.97 bits per heavy atom. The number of hydrogen-bond donors (Lipinski definition) is 2. The van der Waals surface area contributed by atoms with Crippen LogP contribution in [0.25, 0.3) is 10.9 Å². The van der Waals surface area contributed by atoms with Gasteiger partial charge in [0.1, 0.15) is 11.4 Å². The number of esters is 1. The molecule has 0 radical (unpaired) electrons. The van der Waals surface area contributed by atoms with Gasteiger partial charge in [-0.1, -0.05) is 68.3 Å². The molecule has 0 aliphatic rings. The summed E-state index contributed by atoms with van der Waals surface area (Å²) in [6, 6.07) is 15.1. The number of ether oxygens (including phenoxy) is 1. The number of hydrogen-bond acceptors (Lipinski definition) is 5. The number of benzene rings is 2. The average Bonchev–Trinajstić information content (AvgIpc) is 3.41. The van der Waals surface area contributed by atoms with Crippen LogP contribution in [0.3, 0.4) is 0 Å². The Hall–Kier alpha value is -3.91. The first kappa shape index (κ1) is 26.2. The van der Waals surface area contributed by atoms with Crippen LogP contribution < -0.4 is 5.43 Å². The second-order valence-corrected chi connectivity index (χ2v) is 10.3. The molecule has 0 bridgehead atoms. The molecule has 2 heterocycles. The lowest BCUT2D eigenvalue weighted by atomic mass is 9.92. The summed E-state index contributed by atoms with van der Waals surface area (Å²) in [4.78, 5) is 28.8. The van der Waals surface area contributed by atoms with Gasteiger partial charge >= 0.3 is 5.97 Å². The second-order valence-electron chi connectivity index (χ2n) is 9.83. The van der Waals surface area contributed by atoms with Crippen LogP contribution in [0, 0.1) is 6.92 Å². The largest absolute Gasteiger partial charge is 0.461 e. The molecule has 0 atom stereocenters. The van der Waals surface area contributed by atoms with Crippen LogP contribution in [0.15, 0.2) is 53.6 Å². The van der Waals surface area contributed by atoms with Gasteiger partial charge < -0.3 is 9.72 Å². The number of nitrogens with zero attached hydrogens (tertiary/aromatic N) is 3. The molecule has 0 spiro atoms. The van der Waals surface area contributed by atoms with E-state index in [-0.39, 0.29) is 17.7 Å². The van der Waals surface area contributed by atoms with Gasteiger partial charge in [-0.05, 0) is 37.6 Å². The van der Waals surface area contributed by atoms with E-state index in [4.69, 9.17) is 21.4 Å². The summed E-state index contributed by atoms with van der Waals surface area (Å²) in [7, 11) is 0. The smallest absolute Gasteiger partial charge is 0.355 e. The Bertz CT molecular complexity index is 1490. The molecule has 9 heteroatoms. The molecule has 0 fully saturated rings. The van der Waals surface area contributed by atoms with Gasteiger partial charge in [-0.25, -0.2) is 10.2 Å². The highest BCUT2D eigenvalue weighted by molar-refractivity contribution is 6.31. The molecule has 192 valence electrons. The maximum absolute atomic E-state index is 13.2. The van der Waals surface area contributed by atoms with Crippen molar-refractivity contribution in [3.63, 3.8) is 0 Å². The highest BCUT2D eigenvalue weighted by Gasteiger charge is 2.23. The van der Waals surface area contributed by atoms with Gasteiger partial charge in [-0.2, -0.15) is 10.2 Å². The minimum atomic E-state index is -0.520. The maximum atomic E-state index is 13.2. The summed E-state index contributed by atoms with van der Waals surface area (Å²) in [6.07, 6.45) is 1.43. The van der Waals surface area contributed by atoms with E-state index < -0.39 is 11.9 Å². The first-order valence-electron chi connectivity index (χ1n) is 12.0. The van der Waals surface area contributed by atoms with E-state index in [0.717, 1.165) is 22.2 Å². The fraction of sp³-hybridized carbons (Fsp3) is 0.286. The first-order valence-corrected chi connectivity index (χ1v) is 12.4. The van der Waals surface area contributed by atoms with Crippen molar-refractivity contribution >= 4 is 40.6 Å². The van der Waals surface area contributed by atoms with Crippen molar-refractivity contribution in [3.05, 3.63) is 87.3 Å². The minimum absolute atomic E-state index is 0.226. The number of nitrogens with one attached hydrogen (secondary N) is 2. The van der Waals surface area contributed by atoms with Crippen LogP contribution in [0.5, 0.6) is 0 Å². The standard InChI is InChI=1S/C28H30ClN5O3/c1-6-37-27(36)25-21(20-11-10-19(29)13-22(20)31-25)15-30-32-26(35)23-14-24(28(3,4)5)33-34(23)16-18-9-7-8-17(2)12-18/h7-15,31H,6,16H2,1-5H3,(H,32,35)/b30-15+. The number of rotatable bonds is 7. The zero-order valence-electron chi connectivity index (χ0n) is 21.6. The molecule has 4 aromatic rings. The van der Waals surface area contributed by atoms with Crippen molar-refractivity contribution in [1.82, 2.24) is 20.2 Å². The summed E-state index contributed by atoms with van der Waals surface area (Å²) >= 11 is 6.12. The van der Waals surface area contributed by atoms with Crippen molar-refractivity contribution in [2.45, 2.75) is 46.6 Å². The summed E-state index contributed by atoms with van der Waals surface area (Å²) in [5, 5.41) is 10.1. The predicted octanol–water partition coefficient (Wildman–Crippen LogP) is 5.61. The zero-order valence-corrected chi connectivity index (χ0v) is 22.3. The second kappa shape index (κ2) is 10.6. The average molecular weight is 520 g/mol. The van der Waals surface area contributed by atoms with Gasteiger partial charge in [0, 0.05) is 26.9 Å². The highest BCUT2D eigenvalue weighted by Crippen LogP contribution is 2.25. The topological polar surface area (TPSA) is 101 Å². The molecule has 2 N–H and O–H groups in total. The molecule has 0 unspecified atom stereocenters. The van der Waals surface area contributed by atoms with Gasteiger partial charge in [0.25, 0.3) is 5.91 Å². The Labute approximate surface area is 220 Å². The van der Waals surface area contributed by atoms with E-state index in [1.54, 1.807) is 35.9 Å². The lowest BCUT2D eigenvalue weighted by molar-refractivity contribution is 0.0520.